The summed E-state index contributed by atoms with van der Waals surface area (Å²) in [5.41, 5.74) is 2.02. The highest BCUT2D eigenvalue weighted by atomic mass is 16.4. The monoisotopic (exact) mass is 330 g/mol. The Morgan fingerprint density at radius 2 is 2.00 bits per heavy atom. The van der Waals surface area contributed by atoms with Crippen LogP contribution < -0.4 is 0 Å². The van der Waals surface area contributed by atoms with Gasteiger partial charge in [0, 0.05) is 32.0 Å². The molecule has 2 aliphatic rings. The van der Waals surface area contributed by atoms with E-state index in [0.29, 0.717) is 19.5 Å². The highest BCUT2D eigenvalue weighted by Crippen LogP contribution is 2.34. The fraction of sp³-hybridized carbons (Fsp3) is 0.500. The summed E-state index contributed by atoms with van der Waals surface area (Å²) in [6.07, 6.45) is 1.28. The fourth-order valence-corrected chi connectivity index (χ4v) is 3.71. The second kappa shape index (κ2) is 6.63. The van der Waals surface area contributed by atoms with Crippen molar-refractivity contribution < 1.29 is 19.5 Å². The Morgan fingerprint density at radius 1 is 1.25 bits per heavy atom. The van der Waals surface area contributed by atoms with Crippen molar-refractivity contribution in [2.75, 3.05) is 26.2 Å². The second-order valence-electron chi connectivity index (χ2n) is 6.63. The lowest BCUT2D eigenvalue weighted by atomic mass is 9.86. The van der Waals surface area contributed by atoms with E-state index in [9.17, 15) is 19.5 Å². The van der Waals surface area contributed by atoms with Crippen molar-refractivity contribution in [3.05, 3.63) is 35.4 Å². The Hall–Kier alpha value is -2.37. The molecule has 0 saturated carbocycles. The molecule has 2 aliphatic heterocycles. The molecule has 0 radical (unpaired) electrons. The maximum absolute atomic E-state index is 12.5. The van der Waals surface area contributed by atoms with E-state index in [1.165, 1.54) is 0 Å². The van der Waals surface area contributed by atoms with Crippen LogP contribution in [0.5, 0.6) is 0 Å². The van der Waals surface area contributed by atoms with Gasteiger partial charge in [-0.05, 0) is 24.5 Å². The zero-order chi connectivity index (χ0) is 17.3. The quantitative estimate of drug-likeness (QED) is 0.901. The van der Waals surface area contributed by atoms with Crippen LogP contribution in [0.15, 0.2) is 24.3 Å². The number of nitrogens with zero attached hydrogens (tertiary/aromatic N) is 2. The maximum Gasteiger partial charge on any atom is 0.308 e. The standard InChI is InChI=1S/C18H22N2O4/c1-12-5-2-3-6-13(12)14-9-20(10-15(14)18(23)24)17(22)11-19-8-4-7-16(19)21/h2-3,5-6,14-15H,4,7-11H2,1H3,(H,23,24)/t14-,15+/m0/s1. The van der Waals surface area contributed by atoms with Crippen LogP contribution in [-0.2, 0) is 14.4 Å². The molecule has 2 atom stereocenters. The molecule has 6 nitrogen and oxygen atoms in total. The van der Waals surface area contributed by atoms with Crippen LogP contribution in [0, 0.1) is 12.8 Å². The number of carboxylic acids is 1. The van der Waals surface area contributed by atoms with Gasteiger partial charge in [0.25, 0.3) is 0 Å². The van der Waals surface area contributed by atoms with Crippen molar-refractivity contribution in [2.24, 2.45) is 5.92 Å². The van der Waals surface area contributed by atoms with E-state index in [4.69, 9.17) is 0 Å². The number of hydrogen-bond acceptors (Lipinski definition) is 3. The smallest absolute Gasteiger partial charge is 0.308 e. The molecule has 0 aromatic heterocycles. The number of rotatable bonds is 4. The van der Waals surface area contributed by atoms with E-state index in [-0.39, 0.29) is 30.8 Å². The Balaban J connectivity index is 1.75. The van der Waals surface area contributed by atoms with Crippen molar-refractivity contribution in [1.82, 2.24) is 9.80 Å². The number of aryl methyl sites for hydroxylation is 1. The first-order chi connectivity index (χ1) is 11.5. The molecule has 2 amide bonds. The fourth-order valence-electron chi connectivity index (χ4n) is 3.71. The molecule has 24 heavy (non-hydrogen) atoms. The first kappa shape index (κ1) is 16.5. The van der Waals surface area contributed by atoms with Crippen LogP contribution in [0.3, 0.4) is 0 Å². The molecule has 3 rings (SSSR count). The summed E-state index contributed by atoms with van der Waals surface area (Å²) >= 11 is 0. The number of hydrogen-bond donors (Lipinski definition) is 1. The normalized spacial score (nSPS) is 23.8. The SMILES string of the molecule is Cc1ccccc1[C@@H]1CN(C(=O)CN2CCCC2=O)C[C@H]1C(=O)O. The summed E-state index contributed by atoms with van der Waals surface area (Å²) < 4.78 is 0. The molecule has 0 aliphatic carbocycles. The van der Waals surface area contributed by atoms with Crippen molar-refractivity contribution in [2.45, 2.75) is 25.7 Å². The van der Waals surface area contributed by atoms with Gasteiger partial charge < -0.3 is 14.9 Å². The molecule has 2 saturated heterocycles. The minimum Gasteiger partial charge on any atom is -0.481 e. The molecular weight excluding hydrogens is 308 g/mol. The van der Waals surface area contributed by atoms with Crippen LogP contribution in [0.25, 0.3) is 0 Å². The van der Waals surface area contributed by atoms with Gasteiger partial charge >= 0.3 is 5.97 Å². The summed E-state index contributed by atoms with van der Waals surface area (Å²) in [6.45, 7) is 3.23. The van der Waals surface area contributed by atoms with E-state index in [2.05, 4.69) is 0 Å². The molecule has 1 aromatic rings. The molecule has 0 spiro atoms. The van der Waals surface area contributed by atoms with Crippen LogP contribution in [0.1, 0.15) is 29.9 Å². The molecule has 2 fully saturated rings. The number of carbonyl (C=O) groups excluding carboxylic acids is 2. The number of likely N-dealkylation sites (tertiary alicyclic amines) is 2. The first-order valence-corrected chi connectivity index (χ1v) is 8.31. The zero-order valence-electron chi connectivity index (χ0n) is 13.8. The molecule has 0 unspecified atom stereocenters. The molecule has 2 heterocycles. The molecule has 0 bridgehead atoms. The van der Waals surface area contributed by atoms with Gasteiger partial charge in [-0.3, -0.25) is 14.4 Å². The lowest BCUT2D eigenvalue weighted by Gasteiger charge is -2.21. The lowest BCUT2D eigenvalue weighted by Crippen LogP contribution is -2.40. The number of carboxylic acid groups (broad SMARTS) is 1. The van der Waals surface area contributed by atoms with Crippen LogP contribution >= 0.6 is 0 Å². The summed E-state index contributed by atoms with van der Waals surface area (Å²) in [7, 11) is 0. The lowest BCUT2D eigenvalue weighted by molar-refractivity contribution is -0.142. The third-order valence-corrected chi connectivity index (χ3v) is 5.08. The third-order valence-electron chi connectivity index (χ3n) is 5.08. The Morgan fingerprint density at radius 3 is 2.62 bits per heavy atom. The largest absolute Gasteiger partial charge is 0.481 e. The Bertz CT molecular complexity index is 673. The minimum absolute atomic E-state index is 0.00721. The van der Waals surface area contributed by atoms with E-state index < -0.39 is 11.9 Å². The van der Waals surface area contributed by atoms with Crippen molar-refractivity contribution in [1.29, 1.82) is 0 Å². The van der Waals surface area contributed by atoms with Crippen LogP contribution in [-0.4, -0.2) is 58.9 Å². The predicted octanol–water partition coefficient (Wildman–Crippen LogP) is 1.24. The van der Waals surface area contributed by atoms with Gasteiger partial charge in [0.15, 0.2) is 0 Å². The average Bonchev–Trinajstić information content (AvgIpc) is 3.15. The van der Waals surface area contributed by atoms with Crippen molar-refractivity contribution in [3.63, 3.8) is 0 Å². The topological polar surface area (TPSA) is 77.9 Å². The van der Waals surface area contributed by atoms with E-state index in [1.54, 1.807) is 9.80 Å². The highest BCUT2D eigenvalue weighted by molar-refractivity contribution is 5.86. The molecule has 1 N–H and O–H groups in total. The van der Waals surface area contributed by atoms with Gasteiger partial charge in [0.05, 0.1) is 12.5 Å². The zero-order valence-corrected chi connectivity index (χ0v) is 13.8. The van der Waals surface area contributed by atoms with Gasteiger partial charge in [0.2, 0.25) is 11.8 Å². The van der Waals surface area contributed by atoms with Crippen molar-refractivity contribution >= 4 is 17.8 Å². The van der Waals surface area contributed by atoms with Gasteiger partial charge in [-0.15, -0.1) is 0 Å². The van der Waals surface area contributed by atoms with E-state index >= 15 is 0 Å². The highest BCUT2D eigenvalue weighted by Gasteiger charge is 2.41. The summed E-state index contributed by atoms with van der Waals surface area (Å²) in [5, 5.41) is 9.56. The van der Waals surface area contributed by atoms with Gasteiger partial charge in [-0.1, -0.05) is 24.3 Å². The third kappa shape index (κ3) is 3.13. The van der Waals surface area contributed by atoms with Gasteiger partial charge in [-0.2, -0.15) is 0 Å². The minimum atomic E-state index is -0.879. The Kier molecular flexibility index (Phi) is 4.55. The van der Waals surface area contributed by atoms with Crippen LogP contribution in [0.2, 0.25) is 0 Å². The summed E-state index contributed by atoms with van der Waals surface area (Å²) in [6, 6.07) is 7.72. The van der Waals surface area contributed by atoms with Gasteiger partial charge in [-0.25, -0.2) is 0 Å². The number of carbonyl (C=O) groups is 3. The first-order valence-electron chi connectivity index (χ1n) is 8.31. The number of amides is 2. The van der Waals surface area contributed by atoms with E-state index in [0.717, 1.165) is 17.5 Å². The molecular formula is C18H22N2O4. The molecule has 128 valence electrons. The predicted molar refractivity (Wildman–Crippen MR) is 87.4 cm³/mol. The average molecular weight is 330 g/mol. The maximum atomic E-state index is 12.5. The Labute approximate surface area is 141 Å². The summed E-state index contributed by atoms with van der Waals surface area (Å²) in [4.78, 5) is 39.0. The van der Waals surface area contributed by atoms with E-state index in [1.807, 2.05) is 31.2 Å². The molecule has 6 heteroatoms. The number of aliphatic carboxylic acids is 1. The number of benzene rings is 1. The molecule has 1 aromatic carbocycles. The van der Waals surface area contributed by atoms with Crippen LogP contribution in [0.4, 0.5) is 0 Å². The summed E-state index contributed by atoms with van der Waals surface area (Å²) in [5.74, 6) is -1.84. The second-order valence-corrected chi connectivity index (χ2v) is 6.63. The van der Waals surface area contributed by atoms with Gasteiger partial charge in [0.1, 0.15) is 0 Å². The van der Waals surface area contributed by atoms with Crippen molar-refractivity contribution in [3.8, 4) is 0 Å².